The lowest BCUT2D eigenvalue weighted by Gasteiger charge is -2.02. The van der Waals surface area contributed by atoms with Gasteiger partial charge in [0.1, 0.15) is 0 Å². The first kappa shape index (κ1) is 9.30. The molecule has 0 saturated heterocycles. The number of nitrogens with one attached hydrogen (secondary N) is 1. The second-order valence-corrected chi connectivity index (χ2v) is 2.70. The van der Waals surface area contributed by atoms with Gasteiger partial charge in [-0.2, -0.15) is 0 Å². The second-order valence-electron chi connectivity index (χ2n) is 2.70. The summed E-state index contributed by atoms with van der Waals surface area (Å²) in [6.07, 6.45) is 0.538. The molecule has 0 aromatic heterocycles. The monoisotopic (exact) mass is 142 g/mol. The number of carbonyl (C=O) groups is 1. The molecule has 0 aliphatic rings. The lowest BCUT2D eigenvalue weighted by atomic mass is 10.0. The highest BCUT2D eigenvalue weighted by atomic mass is 16.1. The van der Waals surface area contributed by atoms with Gasteiger partial charge in [0.15, 0.2) is 5.78 Å². The van der Waals surface area contributed by atoms with Gasteiger partial charge in [-0.15, -0.1) is 0 Å². The molecule has 0 aromatic carbocycles. The van der Waals surface area contributed by atoms with E-state index in [1.807, 2.05) is 13.8 Å². The summed E-state index contributed by atoms with van der Waals surface area (Å²) in [6, 6.07) is 0. The highest BCUT2D eigenvalue weighted by Crippen LogP contribution is 2.00. The molecule has 0 unspecified atom stereocenters. The molecule has 3 nitrogen and oxygen atoms in total. The van der Waals surface area contributed by atoms with E-state index in [9.17, 15) is 4.79 Å². The Labute approximate surface area is 61.1 Å². The number of hydrogen-bond donors (Lipinski definition) is 2. The minimum atomic E-state index is -0.242. The molecule has 0 fully saturated rings. The zero-order chi connectivity index (χ0) is 8.15. The van der Waals surface area contributed by atoms with Crippen molar-refractivity contribution in [3.63, 3.8) is 0 Å². The van der Waals surface area contributed by atoms with Crippen molar-refractivity contribution in [1.82, 2.24) is 0 Å². The van der Waals surface area contributed by atoms with E-state index in [4.69, 9.17) is 11.1 Å². The Morgan fingerprint density at radius 3 is 2.40 bits per heavy atom. The van der Waals surface area contributed by atoms with Gasteiger partial charge in [0.2, 0.25) is 0 Å². The van der Waals surface area contributed by atoms with Crippen molar-refractivity contribution in [2.24, 2.45) is 11.7 Å². The van der Waals surface area contributed by atoms with E-state index in [1.165, 1.54) is 0 Å². The summed E-state index contributed by atoms with van der Waals surface area (Å²) in [6.45, 7) is 3.90. The van der Waals surface area contributed by atoms with E-state index in [0.29, 0.717) is 12.3 Å². The van der Waals surface area contributed by atoms with Crippen LogP contribution in [0.15, 0.2) is 0 Å². The first-order chi connectivity index (χ1) is 4.57. The van der Waals surface area contributed by atoms with Crippen molar-refractivity contribution in [1.29, 1.82) is 5.41 Å². The van der Waals surface area contributed by atoms with E-state index >= 15 is 0 Å². The van der Waals surface area contributed by atoms with Gasteiger partial charge < -0.3 is 11.1 Å². The molecule has 0 saturated carbocycles. The molecule has 0 amide bonds. The Balaban J connectivity index is 3.74. The summed E-state index contributed by atoms with van der Waals surface area (Å²) in [4.78, 5) is 10.7. The molecule has 0 aliphatic carbocycles. The van der Waals surface area contributed by atoms with Crippen molar-refractivity contribution in [2.45, 2.75) is 20.3 Å². The van der Waals surface area contributed by atoms with Gasteiger partial charge in [0.25, 0.3) is 0 Å². The topological polar surface area (TPSA) is 66.9 Å². The predicted octanol–water partition coefficient (Wildman–Crippen LogP) is 0.580. The normalized spacial score (nSPS) is 10.0. The van der Waals surface area contributed by atoms with Crippen LogP contribution in [0.25, 0.3) is 0 Å². The third kappa shape index (κ3) is 3.35. The molecule has 0 aliphatic heterocycles. The van der Waals surface area contributed by atoms with Crippen LogP contribution in [0.4, 0.5) is 0 Å². The average Bonchev–Trinajstić information content (AvgIpc) is 1.85. The lowest BCUT2D eigenvalue weighted by molar-refractivity contribution is -0.111. The van der Waals surface area contributed by atoms with Crippen LogP contribution in [0.2, 0.25) is 0 Å². The minimum absolute atomic E-state index is 0.0362. The van der Waals surface area contributed by atoms with E-state index in [2.05, 4.69) is 0 Å². The van der Waals surface area contributed by atoms with Crippen molar-refractivity contribution in [3.05, 3.63) is 0 Å². The predicted molar refractivity (Wildman–Crippen MR) is 41.2 cm³/mol. The van der Waals surface area contributed by atoms with Gasteiger partial charge in [-0.05, 0) is 12.3 Å². The van der Waals surface area contributed by atoms with Crippen molar-refractivity contribution >= 4 is 11.5 Å². The van der Waals surface area contributed by atoms with Crippen LogP contribution in [-0.2, 0) is 4.79 Å². The van der Waals surface area contributed by atoms with Gasteiger partial charge in [-0.25, -0.2) is 0 Å². The third-order valence-electron chi connectivity index (χ3n) is 1.13. The maximum atomic E-state index is 10.7. The molecule has 0 atom stereocenters. The molecule has 3 heteroatoms. The summed E-state index contributed by atoms with van der Waals surface area (Å²) < 4.78 is 0. The fourth-order valence-electron chi connectivity index (χ4n) is 0.645. The Morgan fingerprint density at radius 1 is 1.60 bits per heavy atom. The third-order valence-corrected chi connectivity index (χ3v) is 1.13. The Kier molecular flexibility index (Phi) is 3.88. The van der Waals surface area contributed by atoms with Gasteiger partial charge in [-0.1, -0.05) is 13.8 Å². The maximum Gasteiger partial charge on any atom is 0.189 e. The molecule has 3 N–H and O–H groups in total. The molecule has 10 heavy (non-hydrogen) atoms. The number of nitrogens with two attached hydrogens (primary N) is 1. The first-order valence-corrected chi connectivity index (χ1v) is 3.38. The van der Waals surface area contributed by atoms with E-state index in [1.54, 1.807) is 0 Å². The van der Waals surface area contributed by atoms with Crippen molar-refractivity contribution in [3.8, 4) is 0 Å². The quantitative estimate of drug-likeness (QED) is 0.564. The van der Waals surface area contributed by atoms with Gasteiger partial charge in [-0.3, -0.25) is 4.79 Å². The number of rotatable bonds is 4. The molecule has 0 aromatic rings. The summed E-state index contributed by atoms with van der Waals surface area (Å²) in [5, 5.41) is 7.20. The molecule has 0 heterocycles. The zero-order valence-electron chi connectivity index (χ0n) is 6.48. The second kappa shape index (κ2) is 4.17. The number of ketones is 1. The van der Waals surface area contributed by atoms with Crippen LogP contribution < -0.4 is 5.73 Å². The summed E-state index contributed by atoms with van der Waals surface area (Å²) in [5.41, 5.74) is 5.21. The minimum Gasteiger partial charge on any atom is -0.324 e. The average molecular weight is 142 g/mol. The molecule has 0 spiro atoms. The van der Waals surface area contributed by atoms with Crippen LogP contribution in [0.3, 0.4) is 0 Å². The number of Topliss-reactive ketones (excluding diaryl/α,β-unsaturated/α-hetero) is 1. The van der Waals surface area contributed by atoms with Crippen LogP contribution in [0.5, 0.6) is 0 Å². The van der Waals surface area contributed by atoms with E-state index in [0.717, 1.165) is 0 Å². The van der Waals surface area contributed by atoms with E-state index in [-0.39, 0.29) is 18.0 Å². The Morgan fingerprint density at radius 2 is 2.10 bits per heavy atom. The number of carbonyl (C=O) groups excluding carboxylic acids is 1. The highest BCUT2D eigenvalue weighted by Gasteiger charge is 2.07. The van der Waals surface area contributed by atoms with Crippen LogP contribution in [0, 0.1) is 11.3 Å². The highest BCUT2D eigenvalue weighted by molar-refractivity contribution is 6.39. The zero-order valence-corrected chi connectivity index (χ0v) is 6.48. The van der Waals surface area contributed by atoms with Crippen LogP contribution >= 0.6 is 0 Å². The van der Waals surface area contributed by atoms with Gasteiger partial charge >= 0.3 is 0 Å². The SMILES string of the molecule is CC(C)CC(=N)C(=O)CN. The molecule has 0 rings (SSSR count). The van der Waals surface area contributed by atoms with Crippen LogP contribution in [0.1, 0.15) is 20.3 Å². The maximum absolute atomic E-state index is 10.7. The van der Waals surface area contributed by atoms with Gasteiger partial charge in [0.05, 0.1) is 12.3 Å². The summed E-state index contributed by atoms with van der Waals surface area (Å²) in [5.74, 6) is 0.122. The smallest absolute Gasteiger partial charge is 0.189 e. The van der Waals surface area contributed by atoms with Crippen LogP contribution in [-0.4, -0.2) is 18.0 Å². The molecule has 0 bridgehead atoms. The largest absolute Gasteiger partial charge is 0.324 e. The van der Waals surface area contributed by atoms with E-state index < -0.39 is 0 Å². The van der Waals surface area contributed by atoms with Crippen molar-refractivity contribution < 1.29 is 4.79 Å². The lowest BCUT2D eigenvalue weighted by Crippen LogP contribution is -2.23. The summed E-state index contributed by atoms with van der Waals surface area (Å²) >= 11 is 0. The van der Waals surface area contributed by atoms with Crippen molar-refractivity contribution in [2.75, 3.05) is 6.54 Å². The van der Waals surface area contributed by atoms with Gasteiger partial charge in [0, 0.05) is 0 Å². The standard InChI is InChI=1S/C7H14N2O/c1-5(2)3-6(9)7(10)4-8/h5,9H,3-4,8H2,1-2H3. The fraction of sp³-hybridized carbons (Fsp3) is 0.714. The molecular formula is C7H14N2O. The number of hydrogen-bond acceptors (Lipinski definition) is 3. The molecule has 58 valence electrons. The molecular weight excluding hydrogens is 128 g/mol. The fourth-order valence-corrected chi connectivity index (χ4v) is 0.645. The summed E-state index contributed by atoms with van der Waals surface area (Å²) in [7, 11) is 0. The first-order valence-electron chi connectivity index (χ1n) is 3.38. The Hall–Kier alpha value is -0.700. The molecule has 0 radical (unpaired) electrons. The Bertz CT molecular complexity index is 141.